The summed E-state index contributed by atoms with van der Waals surface area (Å²) in [4.78, 5) is 27.6. The second kappa shape index (κ2) is 8.74. The highest BCUT2D eigenvalue weighted by Crippen LogP contribution is 2.33. The maximum absolute atomic E-state index is 13.2. The van der Waals surface area contributed by atoms with E-state index in [1.807, 2.05) is 70.2 Å². The molecule has 1 heterocycles. The number of hydrogen-bond acceptors (Lipinski definition) is 4. The molecule has 1 aliphatic heterocycles. The summed E-state index contributed by atoms with van der Waals surface area (Å²) >= 11 is 0. The van der Waals surface area contributed by atoms with Gasteiger partial charge in [0.05, 0.1) is 12.2 Å². The fourth-order valence-electron chi connectivity index (χ4n) is 3.40. The predicted molar refractivity (Wildman–Crippen MR) is 120 cm³/mol. The van der Waals surface area contributed by atoms with E-state index in [1.165, 1.54) is 4.90 Å². The second-order valence-corrected chi connectivity index (χ2v) is 8.43. The van der Waals surface area contributed by atoms with Crippen molar-refractivity contribution in [3.05, 3.63) is 64.9 Å². The number of amides is 2. The Balaban J connectivity index is 2.02. The lowest BCUT2D eigenvalue weighted by molar-refractivity contribution is -0.138. The number of carbonyl (C=O) groups excluding carboxylic acids is 2. The summed E-state index contributed by atoms with van der Waals surface area (Å²) in [5, 5.41) is 3.25. The topological polar surface area (TPSA) is 58.6 Å². The van der Waals surface area contributed by atoms with Gasteiger partial charge < -0.3 is 10.1 Å². The van der Waals surface area contributed by atoms with E-state index in [9.17, 15) is 9.59 Å². The summed E-state index contributed by atoms with van der Waals surface area (Å²) in [6.45, 7) is 12.5. The molecule has 0 unspecified atom stereocenters. The van der Waals surface area contributed by atoms with Gasteiger partial charge in [-0.1, -0.05) is 38.1 Å². The van der Waals surface area contributed by atoms with Crippen molar-refractivity contribution < 1.29 is 14.3 Å². The summed E-state index contributed by atoms with van der Waals surface area (Å²) < 4.78 is 5.75. The monoisotopic (exact) mass is 406 g/mol. The van der Waals surface area contributed by atoms with Crippen LogP contribution in [0, 0.1) is 19.8 Å². The molecule has 0 aromatic heterocycles. The van der Waals surface area contributed by atoms with Gasteiger partial charge >= 0.3 is 0 Å². The zero-order valence-electron chi connectivity index (χ0n) is 18.6. The van der Waals surface area contributed by atoms with Crippen LogP contribution in [0.1, 0.15) is 44.4 Å². The lowest BCUT2D eigenvalue weighted by Gasteiger charge is -2.19. The van der Waals surface area contributed by atoms with E-state index in [1.54, 1.807) is 0 Å². The molecule has 0 bridgehead atoms. The van der Waals surface area contributed by atoms with Gasteiger partial charge in [-0.05, 0) is 68.5 Å². The molecule has 0 radical (unpaired) electrons. The van der Waals surface area contributed by atoms with Crippen molar-refractivity contribution in [2.45, 2.75) is 47.6 Å². The van der Waals surface area contributed by atoms with Crippen molar-refractivity contribution >= 4 is 23.1 Å². The van der Waals surface area contributed by atoms with Gasteiger partial charge in [-0.25, -0.2) is 0 Å². The molecule has 1 N–H and O–H groups in total. The van der Waals surface area contributed by atoms with Crippen molar-refractivity contribution in [2.24, 2.45) is 5.92 Å². The van der Waals surface area contributed by atoms with Crippen LogP contribution in [-0.2, 0) is 9.59 Å². The molecule has 0 aliphatic carbocycles. The number of aryl methyl sites for hydroxylation is 1. The Morgan fingerprint density at radius 2 is 1.60 bits per heavy atom. The first-order chi connectivity index (χ1) is 14.2. The molecule has 30 heavy (non-hydrogen) atoms. The van der Waals surface area contributed by atoms with Crippen LogP contribution >= 0.6 is 0 Å². The predicted octanol–water partition coefficient (Wildman–Crippen LogP) is 4.94. The molecule has 0 spiro atoms. The maximum atomic E-state index is 13.2. The van der Waals surface area contributed by atoms with Crippen molar-refractivity contribution in [1.82, 2.24) is 4.90 Å². The Morgan fingerprint density at radius 3 is 2.20 bits per heavy atom. The molecule has 5 nitrogen and oxygen atoms in total. The van der Waals surface area contributed by atoms with Crippen LogP contribution in [0.2, 0.25) is 0 Å². The Hall–Kier alpha value is -3.08. The van der Waals surface area contributed by atoms with Gasteiger partial charge in [-0.2, -0.15) is 0 Å². The molecule has 158 valence electrons. The largest absolute Gasteiger partial charge is 0.493 e. The third-order valence-electron chi connectivity index (χ3n) is 5.22. The van der Waals surface area contributed by atoms with Crippen LogP contribution in [0.3, 0.4) is 0 Å². The van der Waals surface area contributed by atoms with Crippen molar-refractivity contribution in [3.8, 4) is 5.75 Å². The first-order valence-electron chi connectivity index (χ1n) is 10.4. The van der Waals surface area contributed by atoms with Crippen LogP contribution in [0.5, 0.6) is 5.75 Å². The molecule has 2 aromatic carbocycles. The molecule has 0 fully saturated rings. The number of nitrogens with zero attached hydrogens (tertiary/aromatic N) is 1. The number of anilines is 1. The smallest absolute Gasteiger partial charge is 0.278 e. The summed E-state index contributed by atoms with van der Waals surface area (Å²) in [6.07, 6.45) is 0. The third-order valence-corrected chi connectivity index (χ3v) is 5.22. The number of benzene rings is 2. The van der Waals surface area contributed by atoms with Crippen LogP contribution < -0.4 is 10.1 Å². The van der Waals surface area contributed by atoms with Gasteiger partial charge in [0.15, 0.2) is 0 Å². The number of rotatable bonds is 7. The molecule has 2 aromatic rings. The SMILES string of the molecule is Cc1cccc(NC2=C(c3ccc(OCC(C)C)cc3)C(=O)N(C(C)C)C2=O)c1C. The summed E-state index contributed by atoms with van der Waals surface area (Å²) in [5.74, 6) is 0.591. The maximum Gasteiger partial charge on any atom is 0.278 e. The number of imide groups is 1. The lowest BCUT2D eigenvalue weighted by atomic mass is 10.0. The Bertz CT molecular complexity index is 988. The van der Waals surface area contributed by atoms with E-state index in [4.69, 9.17) is 4.74 Å². The molecule has 3 rings (SSSR count). The van der Waals surface area contributed by atoms with Gasteiger partial charge in [0.2, 0.25) is 0 Å². The van der Waals surface area contributed by atoms with E-state index in [0.29, 0.717) is 29.4 Å². The Labute approximate surface area is 178 Å². The quantitative estimate of drug-likeness (QED) is 0.662. The molecule has 1 aliphatic rings. The number of hydrogen-bond donors (Lipinski definition) is 1. The van der Waals surface area contributed by atoms with Crippen LogP contribution in [0.4, 0.5) is 5.69 Å². The zero-order valence-corrected chi connectivity index (χ0v) is 18.6. The van der Waals surface area contributed by atoms with Gasteiger partial charge in [0, 0.05) is 11.7 Å². The number of nitrogens with one attached hydrogen (secondary N) is 1. The van der Waals surface area contributed by atoms with Crippen LogP contribution in [-0.4, -0.2) is 29.4 Å². The van der Waals surface area contributed by atoms with Gasteiger partial charge in [-0.15, -0.1) is 0 Å². The molecular weight excluding hydrogens is 376 g/mol. The van der Waals surface area contributed by atoms with Crippen molar-refractivity contribution in [2.75, 3.05) is 11.9 Å². The first-order valence-corrected chi connectivity index (χ1v) is 10.4. The zero-order chi connectivity index (χ0) is 22.0. The van der Waals surface area contributed by atoms with E-state index < -0.39 is 0 Å². The van der Waals surface area contributed by atoms with E-state index in [-0.39, 0.29) is 17.9 Å². The van der Waals surface area contributed by atoms with Crippen molar-refractivity contribution in [3.63, 3.8) is 0 Å². The van der Waals surface area contributed by atoms with E-state index >= 15 is 0 Å². The highest BCUT2D eigenvalue weighted by molar-refractivity contribution is 6.36. The van der Waals surface area contributed by atoms with Gasteiger partial charge in [0.1, 0.15) is 11.4 Å². The highest BCUT2D eigenvalue weighted by Gasteiger charge is 2.40. The average Bonchev–Trinajstić information content (AvgIpc) is 2.94. The third kappa shape index (κ3) is 4.25. The minimum absolute atomic E-state index is 0.230. The van der Waals surface area contributed by atoms with Crippen molar-refractivity contribution in [1.29, 1.82) is 0 Å². The first kappa shape index (κ1) is 21.6. The molecule has 0 saturated carbocycles. The minimum Gasteiger partial charge on any atom is -0.493 e. The fourth-order valence-corrected chi connectivity index (χ4v) is 3.40. The molecule has 2 amide bonds. The van der Waals surface area contributed by atoms with E-state index in [0.717, 1.165) is 22.6 Å². The second-order valence-electron chi connectivity index (χ2n) is 8.43. The minimum atomic E-state index is -0.300. The molecule has 0 atom stereocenters. The van der Waals surface area contributed by atoms with Gasteiger partial charge in [0.25, 0.3) is 11.8 Å². The molecule has 5 heteroatoms. The summed E-state index contributed by atoms with van der Waals surface area (Å²) in [5.41, 5.74) is 4.40. The molecule has 0 saturated heterocycles. The van der Waals surface area contributed by atoms with Crippen LogP contribution in [0.25, 0.3) is 5.57 Å². The average molecular weight is 407 g/mol. The van der Waals surface area contributed by atoms with Crippen LogP contribution in [0.15, 0.2) is 48.2 Å². The lowest BCUT2D eigenvalue weighted by Crippen LogP contribution is -2.38. The number of ether oxygens (including phenoxy) is 1. The summed E-state index contributed by atoms with van der Waals surface area (Å²) in [7, 11) is 0. The Morgan fingerprint density at radius 1 is 0.933 bits per heavy atom. The van der Waals surface area contributed by atoms with Gasteiger partial charge in [-0.3, -0.25) is 14.5 Å². The highest BCUT2D eigenvalue weighted by atomic mass is 16.5. The Kier molecular flexibility index (Phi) is 6.30. The molecular formula is C25H30N2O3. The van der Waals surface area contributed by atoms with E-state index in [2.05, 4.69) is 19.2 Å². The standard InChI is InChI=1S/C25H30N2O3/c1-15(2)14-30-20-12-10-19(11-13-20)22-23(25(29)27(16(3)4)24(22)28)26-21-9-7-8-17(5)18(21)6/h7-13,15-16,26H,14H2,1-6H3. The normalized spacial score (nSPS) is 14.3. The number of carbonyl (C=O) groups is 2. The summed E-state index contributed by atoms with van der Waals surface area (Å²) in [6, 6.07) is 13.0. The fraction of sp³-hybridized carbons (Fsp3) is 0.360.